The molecule has 31 nitrogen and oxygen atoms in total. The number of phenols is 1. The van der Waals surface area contributed by atoms with Crippen molar-refractivity contribution in [3.63, 3.8) is 0 Å². The Morgan fingerprint density at radius 3 is 1.75 bits per heavy atom. The monoisotopic (exact) mass is 1270 g/mol. The van der Waals surface area contributed by atoms with Gasteiger partial charge in [-0.2, -0.15) is 0 Å². The van der Waals surface area contributed by atoms with Crippen LogP contribution >= 0.6 is 0 Å². The van der Waals surface area contributed by atoms with Crippen molar-refractivity contribution in [3.05, 3.63) is 102 Å². The van der Waals surface area contributed by atoms with E-state index in [-0.39, 0.29) is 56.8 Å². The van der Waals surface area contributed by atoms with Gasteiger partial charge in [-0.15, -0.1) is 0 Å². The molecule has 1 saturated heterocycles. The fourth-order valence-corrected chi connectivity index (χ4v) is 9.79. The second-order valence-electron chi connectivity index (χ2n) is 22.2. The molecule has 0 spiro atoms. The van der Waals surface area contributed by atoms with Crippen molar-refractivity contribution in [2.75, 3.05) is 26.2 Å². The Kier molecular flexibility index (Phi) is 28.1. The minimum absolute atomic E-state index is 0.00570. The first-order valence-electron chi connectivity index (χ1n) is 29.6. The number of aromatic amines is 1. The summed E-state index contributed by atoms with van der Waals surface area (Å²) in [5, 5.41) is 56.0. The van der Waals surface area contributed by atoms with Crippen molar-refractivity contribution in [2.24, 2.45) is 33.8 Å². The maximum absolute atomic E-state index is 14.5. The van der Waals surface area contributed by atoms with Crippen molar-refractivity contribution in [1.29, 1.82) is 0 Å². The van der Waals surface area contributed by atoms with Gasteiger partial charge in [-0.25, -0.2) is 0 Å². The van der Waals surface area contributed by atoms with Crippen LogP contribution in [0.15, 0.2) is 90.1 Å². The van der Waals surface area contributed by atoms with Gasteiger partial charge >= 0.3 is 5.97 Å². The number of rotatable bonds is 37. The normalized spacial score (nSPS) is 15.3. The third-order valence-electron chi connectivity index (χ3n) is 14.7. The molecule has 5 rings (SSSR count). The summed E-state index contributed by atoms with van der Waals surface area (Å²) in [7, 11) is 0. The number of hydrogen-bond acceptors (Lipinski definition) is 16. The lowest BCUT2D eigenvalue weighted by molar-refractivity contribution is -0.139. The van der Waals surface area contributed by atoms with E-state index in [0.29, 0.717) is 40.6 Å². The largest absolute Gasteiger partial charge is 0.508 e. The number of amides is 11. The van der Waals surface area contributed by atoms with Gasteiger partial charge in [0.2, 0.25) is 65.0 Å². The molecule has 22 N–H and O–H groups in total. The number of fused-ring (bicyclic) bond motifs is 1. The molecule has 1 aliphatic heterocycles. The maximum Gasteiger partial charge on any atom is 0.303 e. The standard InChI is InChI=1S/C60H82N16O15/c1-32(2)50(76-56(88)42(21-23-49(81)82)70-55(87)41(20-22-47(61)79)71-57(89)44(27-33-10-4-3-5-11-33)73-53(85)39-14-8-24-65-39)59(91)74-45(28-35-29-67-38-13-7-6-12-37(35)38)52(84)68-30-48(80)69-40(15-9-25-66-60(63)64)54(86)75-46(31-77)58(90)72-43(51(62)83)26-34-16-18-36(78)19-17-34/h3-7,10-13,16-19,29,32,39-46,50,65,67,77-78H,8-9,14-15,20-28,30-31H2,1-2H3,(H2,61,79)(H2,62,83)(H,68,84)(H,69,80)(H,70,87)(H,71,89)(H,72,90)(H,73,85)(H,74,91)(H,75,86)(H,76,88)(H,81,82)(H4,63,64,66)/t39-,40-,41-,42-,43-,44-,45-,46-,50-/m0/s1. The first kappa shape index (κ1) is 71.6. The van der Waals surface area contributed by atoms with Gasteiger partial charge in [0.1, 0.15) is 54.1 Å². The van der Waals surface area contributed by atoms with E-state index in [1.165, 1.54) is 24.3 Å². The van der Waals surface area contributed by atoms with E-state index >= 15 is 0 Å². The quantitative estimate of drug-likeness (QED) is 0.0116. The highest BCUT2D eigenvalue weighted by Crippen LogP contribution is 2.20. The van der Waals surface area contributed by atoms with E-state index in [0.717, 1.165) is 6.42 Å². The Morgan fingerprint density at radius 1 is 0.593 bits per heavy atom. The number of para-hydroxylation sites is 1. The summed E-state index contributed by atoms with van der Waals surface area (Å²) < 4.78 is 0. The number of nitrogens with zero attached hydrogens (tertiary/aromatic N) is 1. The minimum Gasteiger partial charge on any atom is -0.508 e. The zero-order valence-corrected chi connectivity index (χ0v) is 50.5. The zero-order valence-electron chi connectivity index (χ0n) is 50.5. The summed E-state index contributed by atoms with van der Waals surface area (Å²) in [6.45, 7) is 1.89. The second kappa shape index (κ2) is 35.7. The molecule has 0 aliphatic carbocycles. The average molecular weight is 1270 g/mol. The number of aliphatic imine (C=N–C) groups is 1. The number of phenolic OH excluding ortho intramolecular Hbond substituents is 1. The van der Waals surface area contributed by atoms with Crippen molar-refractivity contribution in [1.82, 2.24) is 58.2 Å². The fraction of sp³-hybridized carbons (Fsp3) is 0.450. The number of carboxylic acid groups (broad SMARTS) is 1. The van der Waals surface area contributed by atoms with Gasteiger partial charge in [0, 0.05) is 55.7 Å². The highest BCUT2D eigenvalue weighted by molar-refractivity contribution is 5.99. The van der Waals surface area contributed by atoms with Crippen LogP contribution in [0.25, 0.3) is 10.9 Å². The molecule has 31 heteroatoms. The van der Waals surface area contributed by atoms with E-state index in [9.17, 15) is 72.9 Å². The van der Waals surface area contributed by atoms with Crippen LogP contribution in [0.1, 0.15) is 81.9 Å². The molecule has 9 atom stereocenters. The Bertz CT molecular complexity index is 3220. The van der Waals surface area contributed by atoms with Crippen LogP contribution < -0.4 is 76.1 Å². The minimum atomic E-state index is -1.69. The smallest absolute Gasteiger partial charge is 0.303 e. The molecule has 1 aliphatic rings. The van der Waals surface area contributed by atoms with Gasteiger partial charge in [0.15, 0.2) is 5.96 Å². The van der Waals surface area contributed by atoms with Crippen molar-refractivity contribution < 1.29 is 72.9 Å². The van der Waals surface area contributed by atoms with Gasteiger partial charge in [-0.3, -0.25) is 62.5 Å². The van der Waals surface area contributed by atoms with Gasteiger partial charge in [-0.1, -0.05) is 74.5 Å². The lowest BCUT2D eigenvalue weighted by Crippen LogP contribution is -2.61. The molecular weight excluding hydrogens is 1180 g/mol. The number of carboxylic acids is 1. The summed E-state index contributed by atoms with van der Waals surface area (Å²) in [6, 6.07) is 8.91. The second-order valence-corrected chi connectivity index (χ2v) is 22.2. The Hall–Kier alpha value is -10.2. The number of carbonyl (C=O) groups is 12. The Morgan fingerprint density at radius 2 is 1.14 bits per heavy atom. The molecule has 2 heterocycles. The topological polar surface area (TPSA) is 518 Å². The molecule has 1 aromatic heterocycles. The highest BCUT2D eigenvalue weighted by atomic mass is 16.4. The molecule has 0 unspecified atom stereocenters. The number of H-pyrrole nitrogens is 1. The molecule has 1 fully saturated rings. The predicted octanol–water partition coefficient (Wildman–Crippen LogP) is -4.03. The number of nitrogens with two attached hydrogens (primary N) is 4. The van der Waals surface area contributed by atoms with Crippen LogP contribution in [-0.2, 0) is 76.8 Å². The number of nitrogens with one attached hydrogen (secondary N) is 11. The zero-order chi connectivity index (χ0) is 66.7. The van der Waals surface area contributed by atoms with Crippen molar-refractivity contribution in [2.45, 2.75) is 139 Å². The molecule has 91 heavy (non-hydrogen) atoms. The number of carbonyl (C=O) groups excluding carboxylic acids is 11. The number of primary amides is 2. The van der Waals surface area contributed by atoms with Crippen LogP contribution in [0.2, 0.25) is 0 Å². The van der Waals surface area contributed by atoms with E-state index in [1.54, 1.807) is 74.6 Å². The van der Waals surface area contributed by atoms with Crippen molar-refractivity contribution >= 4 is 87.8 Å². The number of aliphatic hydroxyl groups is 1. The van der Waals surface area contributed by atoms with E-state index in [2.05, 4.69) is 63.1 Å². The van der Waals surface area contributed by atoms with Crippen LogP contribution in [0.3, 0.4) is 0 Å². The number of aromatic hydroxyl groups is 1. The molecule has 11 amide bonds. The van der Waals surface area contributed by atoms with Gasteiger partial charge in [0.05, 0.1) is 19.2 Å². The van der Waals surface area contributed by atoms with Crippen LogP contribution in [0, 0.1) is 5.92 Å². The van der Waals surface area contributed by atoms with Crippen LogP contribution in [-0.4, -0.2) is 178 Å². The number of guanidine groups is 1. The first-order chi connectivity index (χ1) is 43.3. The van der Waals surface area contributed by atoms with E-state index in [1.807, 2.05) is 0 Å². The number of aliphatic carboxylic acids is 1. The molecule has 3 aromatic carbocycles. The summed E-state index contributed by atoms with van der Waals surface area (Å²) in [6.07, 6.45) is 0.406. The first-order valence-corrected chi connectivity index (χ1v) is 29.6. The van der Waals surface area contributed by atoms with E-state index in [4.69, 9.17) is 22.9 Å². The van der Waals surface area contributed by atoms with Gasteiger partial charge < -0.3 is 96.4 Å². The van der Waals surface area contributed by atoms with Gasteiger partial charge in [0.25, 0.3) is 0 Å². The maximum atomic E-state index is 14.5. The van der Waals surface area contributed by atoms with Crippen LogP contribution in [0.4, 0.5) is 0 Å². The van der Waals surface area contributed by atoms with Gasteiger partial charge in [-0.05, 0) is 85.9 Å². The number of aromatic nitrogens is 1. The molecule has 0 bridgehead atoms. The highest BCUT2D eigenvalue weighted by Gasteiger charge is 2.36. The van der Waals surface area contributed by atoms with E-state index < -0.39 is 164 Å². The summed E-state index contributed by atoms with van der Waals surface area (Å²) >= 11 is 0. The number of aliphatic hydroxyl groups excluding tert-OH is 1. The Labute approximate surface area is 523 Å². The molecule has 0 radical (unpaired) electrons. The fourth-order valence-electron chi connectivity index (χ4n) is 9.79. The third kappa shape index (κ3) is 23.7. The number of hydrogen-bond donors (Lipinski definition) is 18. The predicted molar refractivity (Wildman–Crippen MR) is 330 cm³/mol. The summed E-state index contributed by atoms with van der Waals surface area (Å²) in [5.74, 6) is -12.4. The molecule has 492 valence electrons. The summed E-state index contributed by atoms with van der Waals surface area (Å²) in [4.78, 5) is 169. The van der Waals surface area contributed by atoms with Crippen LogP contribution in [0.5, 0.6) is 5.75 Å². The Balaban J connectivity index is 1.33. The van der Waals surface area contributed by atoms with Crippen molar-refractivity contribution in [3.8, 4) is 5.75 Å². The molecule has 4 aromatic rings. The molecular formula is C60H82N16O15. The lowest BCUT2D eigenvalue weighted by Gasteiger charge is -2.28. The summed E-state index contributed by atoms with van der Waals surface area (Å²) in [5.41, 5.74) is 24.3. The average Bonchev–Trinajstić information content (AvgIpc) is 3.24. The SMILES string of the molecule is CC(C)[C@H](NC(=O)[C@H](CCC(=O)O)NC(=O)[C@H](CCC(N)=O)NC(=O)[C@H](Cc1ccccc1)NC(=O)[C@@H]1CCCN1)C(=O)N[C@@H](Cc1c[nH]c2ccccc12)C(=O)NCC(=O)N[C@@H](CCCN=C(N)N)C(=O)N[C@@H](CO)C(=O)N[C@@H](Cc1ccc(O)cc1)C(N)=O. The molecule has 0 saturated carbocycles. The lowest BCUT2D eigenvalue weighted by atomic mass is 9.99. The number of benzene rings is 3. The third-order valence-corrected chi connectivity index (χ3v) is 14.7.